The number of hydrogen-bond donors (Lipinski definition) is 1. The number of aliphatic hydroxyl groups is 1. The first-order valence-corrected chi connectivity index (χ1v) is 8.88. The van der Waals surface area contributed by atoms with E-state index in [1.165, 1.54) is 25.7 Å². The first-order valence-electron chi connectivity index (χ1n) is 8.88. The minimum Gasteiger partial charge on any atom is -0.493 e. The summed E-state index contributed by atoms with van der Waals surface area (Å²) in [4.78, 5) is 0. The maximum atomic E-state index is 10.5. The van der Waals surface area contributed by atoms with Crippen LogP contribution in [-0.4, -0.2) is 11.7 Å². The van der Waals surface area contributed by atoms with Gasteiger partial charge in [0.1, 0.15) is 11.9 Å². The number of allylic oxidation sites excluding steroid dienone is 1. The number of benzene rings is 2. The molecule has 1 aliphatic rings. The first kappa shape index (κ1) is 16.8. The van der Waals surface area contributed by atoms with E-state index in [9.17, 15) is 5.11 Å². The molecular weight excluding hydrogens is 296 g/mol. The Bertz CT molecular complexity index is 677. The lowest BCUT2D eigenvalue weighted by atomic mass is 10.00. The predicted molar refractivity (Wildman–Crippen MR) is 98.3 cm³/mol. The fourth-order valence-corrected chi connectivity index (χ4v) is 3.25. The quantitative estimate of drug-likeness (QED) is 0.574. The molecule has 0 amide bonds. The molecule has 0 bridgehead atoms. The van der Waals surface area contributed by atoms with Crippen LogP contribution in [0.25, 0.3) is 0 Å². The molecule has 1 aliphatic carbocycles. The summed E-state index contributed by atoms with van der Waals surface area (Å²) in [6.45, 7) is 2.75. The van der Waals surface area contributed by atoms with E-state index in [1.54, 1.807) is 5.57 Å². The highest BCUT2D eigenvalue weighted by molar-refractivity contribution is 5.35. The lowest BCUT2D eigenvalue weighted by molar-refractivity contribution is 0.220. The first-order chi connectivity index (χ1) is 11.7. The minimum absolute atomic E-state index is 0.592. The molecule has 1 saturated carbocycles. The highest BCUT2D eigenvalue weighted by Crippen LogP contribution is 2.25. The summed E-state index contributed by atoms with van der Waals surface area (Å²) in [5.41, 5.74) is 4.56. The van der Waals surface area contributed by atoms with Crippen LogP contribution in [-0.2, 0) is 0 Å². The molecule has 1 atom stereocenters. The molecule has 3 rings (SSSR count). The summed E-state index contributed by atoms with van der Waals surface area (Å²) >= 11 is 0. The van der Waals surface area contributed by atoms with Crippen LogP contribution in [0, 0.1) is 6.92 Å². The molecular formula is C22H26O2. The Balaban J connectivity index is 1.54. The largest absolute Gasteiger partial charge is 0.493 e. The average molecular weight is 322 g/mol. The zero-order chi connectivity index (χ0) is 16.8. The van der Waals surface area contributed by atoms with Crippen molar-refractivity contribution in [2.75, 3.05) is 6.61 Å². The average Bonchev–Trinajstić information content (AvgIpc) is 3.12. The second-order valence-electron chi connectivity index (χ2n) is 6.59. The van der Waals surface area contributed by atoms with E-state index < -0.39 is 6.10 Å². The van der Waals surface area contributed by atoms with Gasteiger partial charge in [0.05, 0.1) is 6.61 Å². The van der Waals surface area contributed by atoms with E-state index in [4.69, 9.17) is 4.74 Å². The summed E-state index contributed by atoms with van der Waals surface area (Å²) < 4.78 is 5.80. The highest BCUT2D eigenvalue weighted by atomic mass is 16.5. The van der Waals surface area contributed by atoms with Gasteiger partial charge in [-0.15, -0.1) is 0 Å². The standard InChI is InChI=1S/C22H26O2/c1-17-6-4-10-20(16-17)22(23)19-11-13-21(14-12-19)24-15-5-9-18-7-2-3-8-18/h4,6,9-14,16,22-23H,2-3,5,7-8,15H2,1H3. The molecule has 1 N–H and O–H groups in total. The summed E-state index contributed by atoms with van der Waals surface area (Å²) in [6, 6.07) is 15.8. The maximum Gasteiger partial charge on any atom is 0.119 e. The molecule has 24 heavy (non-hydrogen) atoms. The van der Waals surface area contributed by atoms with Crippen molar-refractivity contribution in [1.82, 2.24) is 0 Å². The Kier molecular flexibility index (Phi) is 5.71. The fraction of sp³-hybridized carbons (Fsp3) is 0.364. The number of aryl methyl sites for hydroxylation is 1. The Morgan fingerprint density at radius 3 is 2.50 bits per heavy atom. The molecule has 2 aromatic rings. The fourth-order valence-electron chi connectivity index (χ4n) is 3.25. The lowest BCUT2D eigenvalue weighted by Crippen LogP contribution is -2.01. The van der Waals surface area contributed by atoms with Gasteiger partial charge >= 0.3 is 0 Å². The van der Waals surface area contributed by atoms with Gasteiger partial charge in [0.25, 0.3) is 0 Å². The molecule has 2 heteroatoms. The predicted octanol–water partition coefficient (Wildman–Crippen LogP) is 5.35. The van der Waals surface area contributed by atoms with Gasteiger partial charge in [0, 0.05) is 0 Å². The van der Waals surface area contributed by atoms with Crippen molar-refractivity contribution in [2.45, 2.75) is 45.1 Å². The monoisotopic (exact) mass is 322 g/mol. The van der Waals surface area contributed by atoms with Crippen LogP contribution in [0.2, 0.25) is 0 Å². The number of ether oxygens (including phenoxy) is 1. The molecule has 0 heterocycles. The van der Waals surface area contributed by atoms with Crippen molar-refractivity contribution >= 4 is 0 Å². The van der Waals surface area contributed by atoms with Crippen LogP contribution in [0.4, 0.5) is 0 Å². The number of hydrogen-bond acceptors (Lipinski definition) is 2. The van der Waals surface area contributed by atoms with Crippen molar-refractivity contribution in [2.24, 2.45) is 0 Å². The number of rotatable bonds is 6. The SMILES string of the molecule is Cc1cccc(C(O)c2ccc(OCCC=C3CCCC3)cc2)c1. The molecule has 0 radical (unpaired) electrons. The van der Waals surface area contributed by atoms with Crippen molar-refractivity contribution in [3.05, 3.63) is 76.9 Å². The Hall–Kier alpha value is -2.06. The second-order valence-corrected chi connectivity index (χ2v) is 6.59. The van der Waals surface area contributed by atoms with E-state index in [0.29, 0.717) is 6.61 Å². The topological polar surface area (TPSA) is 29.5 Å². The third-order valence-electron chi connectivity index (χ3n) is 4.62. The van der Waals surface area contributed by atoms with Crippen LogP contribution in [0.15, 0.2) is 60.2 Å². The Morgan fingerprint density at radius 2 is 1.79 bits per heavy atom. The smallest absolute Gasteiger partial charge is 0.119 e. The van der Waals surface area contributed by atoms with Crippen LogP contribution >= 0.6 is 0 Å². The lowest BCUT2D eigenvalue weighted by Gasteiger charge is -2.13. The second kappa shape index (κ2) is 8.16. The molecule has 1 unspecified atom stereocenters. The molecule has 1 fully saturated rings. The normalized spacial score (nSPS) is 15.3. The van der Waals surface area contributed by atoms with Crippen LogP contribution in [0.3, 0.4) is 0 Å². The van der Waals surface area contributed by atoms with Gasteiger partial charge in [0.2, 0.25) is 0 Å². The molecule has 0 spiro atoms. The van der Waals surface area contributed by atoms with Gasteiger partial charge in [-0.05, 0) is 62.3 Å². The van der Waals surface area contributed by atoms with Crippen molar-refractivity contribution < 1.29 is 9.84 Å². The van der Waals surface area contributed by atoms with Crippen LogP contribution < -0.4 is 4.74 Å². The van der Waals surface area contributed by atoms with Gasteiger partial charge in [-0.2, -0.15) is 0 Å². The van der Waals surface area contributed by atoms with Crippen molar-refractivity contribution in [1.29, 1.82) is 0 Å². The number of aliphatic hydroxyl groups excluding tert-OH is 1. The summed E-state index contributed by atoms with van der Waals surface area (Å²) in [6.07, 6.45) is 7.95. The zero-order valence-electron chi connectivity index (χ0n) is 14.4. The molecule has 2 aromatic carbocycles. The third-order valence-corrected chi connectivity index (χ3v) is 4.62. The van der Waals surface area contributed by atoms with Crippen LogP contribution in [0.1, 0.15) is 54.9 Å². The van der Waals surface area contributed by atoms with Gasteiger partial charge in [0.15, 0.2) is 0 Å². The zero-order valence-corrected chi connectivity index (χ0v) is 14.4. The maximum absolute atomic E-state index is 10.5. The van der Waals surface area contributed by atoms with E-state index in [2.05, 4.69) is 6.08 Å². The van der Waals surface area contributed by atoms with Crippen molar-refractivity contribution in [3.63, 3.8) is 0 Å². The van der Waals surface area contributed by atoms with E-state index in [0.717, 1.165) is 28.9 Å². The summed E-state index contributed by atoms with van der Waals surface area (Å²) in [5.74, 6) is 0.861. The molecule has 0 aromatic heterocycles. The molecule has 2 nitrogen and oxygen atoms in total. The van der Waals surface area contributed by atoms with Gasteiger partial charge in [-0.25, -0.2) is 0 Å². The Labute approximate surface area is 144 Å². The highest BCUT2D eigenvalue weighted by Gasteiger charge is 2.10. The van der Waals surface area contributed by atoms with E-state index in [-0.39, 0.29) is 0 Å². The molecule has 0 aliphatic heterocycles. The van der Waals surface area contributed by atoms with E-state index in [1.807, 2.05) is 55.5 Å². The summed E-state index contributed by atoms with van der Waals surface area (Å²) in [7, 11) is 0. The van der Waals surface area contributed by atoms with Gasteiger partial charge in [-0.3, -0.25) is 0 Å². The van der Waals surface area contributed by atoms with Gasteiger partial charge < -0.3 is 9.84 Å². The van der Waals surface area contributed by atoms with E-state index >= 15 is 0 Å². The third kappa shape index (κ3) is 4.48. The van der Waals surface area contributed by atoms with Crippen molar-refractivity contribution in [3.8, 4) is 5.75 Å². The molecule has 0 saturated heterocycles. The minimum atomic E-state index is -0.592. The Morgan fingerprint density at radius 1 is 1.04 bits per heavy atom. The molecule has 126 valence electrons. The van der Waals surface area contributed by atoms with Crippen LogP contribution in [0.5, 0.6) is 5.75 Å². The van der Waals surface area contributed by atoms with Gasteiger partial charge in [-0.1, -0.05) is 53.6 Å². The summed E-state index contributed by atoms with van der Waals surface area (Å²) in [5, 5.41) is 10.5.